The highest BCUT2D eigenvalue weighted by atomic mass is 32.2. The van der Waals surface area contributed by atoms with Crippen LogP contribution in [0, 0.1) is 0 Å². The maximum Gasteiger partial charge on any atom is 0.171 e. The minimum absolute atomic E-state index is 0. The summed E-state index contributed by atoms with van der Waals surface area (Å²) < 4.78 is 5.18. The van der Waals surface area contributed by atoms with Gasteiger partial charge in [-0.3, -0.25) is 4.98 Å². The summed E-state index contributed by atoms with van der Waals surface area (Å²) in [5.41, 5.74) is 4.40. The molecule has 0 saturated heterocycles. The Morgan fingerprint density at radius 2 is 2.11 bits per heavy atom. The predicted molar refractivity (Wildman–Crippen MR) is 123 cm³/mol. The highest BCUT2D eigenvalue weighted by molar-refractivity contribution is 8.00. The van der Waals surface area contributed by atoms with E-state index in [0.717, 1.165) is 22.7 Å². The minimum Gasteiger partial charge on any atom is -0.497 e. The number of hydrogen-bond acceptors (Lipinski definition) is 5. The monoisotopic (exact) mass is 412 g/mol. The van der Waals surface area contributed by atoms with Gasteiger partial charge in [0.05, 0.1) is 17.7 Å². The molecule has 2 aromatic carbocycles. The van der Waals surface area contributed by atoms with Crippen molar-refractivity contribution in [2.45, 2.75) is 16.8 Å². The van der Waals surface area contributed by atoms with Gasteiger partial charge in [-0.25, -0.2) is 0 Å². The molecule has 0 spiro atoms. The lowest BCUT2D eigenvalue weighted by Crippen LogP contribution is -2.27. The van der Waals surface area contributed by atoms with Gasteiger partial charge in [-0.15, -0.1) is 0 Å². The molecule has 0 amide bonds. The van der Waals surface area contributed by atoms with E-state index in [-0.39, 0.29) is 8.23 Å². The molecule has 0 radical (unpaired) electrons. The van der Waals surface area contributed by atoms with Crippen molar-refractivity contribution in [1.29, 1.82) is 0 Å². The van der Waals surface area contributed by atoms with E-state index < -0.39 is 0 Å². The Balaban J connectivity index is 0.00000160. The topological polar surface area (TPSA) is 58.2 Å². The Kier molecular flexibility index (Phi) is 5.64. The molecule has 3 aromatic rings. The molecular formula is C21H24N4OS2. The highest BCUT2D eigenvalue weighted by Crippen LogP contribution is 2.46. The molecule has 0 bridgehead atoms. The third kappa shape index (κ3) is 4.37. The first-order valence-electron chi connectivity index (χ1n) is 8.86. The standard InChI is InChI=1S/C21H20N4OS2.2H2/c1-26-17-7-5-14(6-8-17)12-23-21(27)24-16-4-2-3-15(11-16)20-25-18-9-10-22-13-19(18)28-20;;/h2-11,13,20,25H,12H2,1H3,(H2,23,24,27);2*1H. The fourth-order valence-corrected chi connectivity index (χ4v) is 4.21. The van der Waals surface area contributed by atoms with Crippen molar-refractivity contribution in [2.75, 3.05) is 17.7 Å². The van der Waals surface area contributed by atoms with Crippen molar-refractivity contribution >= 4 is 40.5 Å². The van der Waals surface area contributed by atoms with Crippen LogP contribution in [0.2, 0.25) is 0 Å². The van der Waals surface area contributed by atoms with Crippen LogP contribution in [0.1, 0.15) is 19.4 Å². The van der Waals surface area contributed by atoms with Crippen LogP contribution >= 0.6 is 24.0 Å². The molecule has 4 rings (SSSR count). The Morgan fingerprint density at radius 1 is 1.25 bits per heavy atom. The number of benzene rings is 2. The summed E-state index contributed by atoms with van der Waals surface area (Å²) in [5, 5.41) is 10.8. The van der Waals surface area contributed by atoms with Gasteiger partial charge in [0, 0.05) is 27.5 Å². The number of pyridine rings is 1. The second kappa shape index (κ2) is 8.50. The number of nitrogens with one attached hydrogen (secondary N) is 3. The zero-order valence-electron chi connectivity index (χ0n) is 15.3. The smallest absolute Gasteiger partial charge is 0.171 e. The third-order valence-electron chi connectivity index (χ3n) is 4.38. The lowest BCUT2D eigenvalue weighted by atomic mass is 10.2. The minimum atomic E-state index is 0. The average molecular weight is 413 g/mol. The maximum absolute atomic E-state index is 5.44. The Hall–Kier alpha value is -2.77. The Morgan fingerprint density at radius 3 is 2.89 bits per heavy atom. The van der Waals surface area contributed by atoms with E-state index in [1.807, 2.05) is 48.7 Å². The van der Waals surface area contributed by atoms with E-state index in [0.29, 0.717) is 11.7 Å². The van der Waals surface area contributed by atoms with E-state index in [1.54, 1.807) is 25.1 Å². The van der Waals surface area contributed by atoms with E-state index >= 15 is 0 Å². The van der Waals surface area contributed by atoms with E-state index in [9.17, 15) is 0 Å². The molecule has 1 aliphatic rings. The van der Waals surface area contributed by atoms with E-state index in [1.165, 1.54) is 10.5 Å². The lowest BCUT2D eigenvalue weighted by Gasteiger charge is -2.14. The molecule has 1 aromatic heterocycles. The van der Waals surface area contributed by atoms with Gasteiger partial charge in [-0.05, 0) is 53.7 Å². The number of hydrogen-bond donors (Lipinski definition) is 3. The molecule has 146 valence electrons. The van der Waals surface area contributed by atoms with Crippen LogP contribution in [0.25, 0.3) is 0 Å². The first kappa shape index (κ1) is 18.6. The second-order valence-corrected chi connectivity index (χ2v) is 7.85. The van der Waals surface area contributed by atoms with Gasteiger partial charge in [0.2, 0.25) is 0 Å². The van der Waals surface area contributed by atoms with Crippen molar-refractivity contribution in [3.63, 3.8) is 0 Å². The SMILES string of the molecule is COc1ccc(CNC(=S)Nc2cccc(C3Nc4ccncc4S3)c2)cc1.[HH].[HH]. The number of thioether (sulfide) groups is 1. The largest absolute Gasteiger partial charge is 0.497 e. The third-order valence-corrected chi connectivity index (χ3v) is 5.83. The van der Waals surface area contributed by atoms with Gasteiger partial charge >= 0.3 is 0 Å². The maximum atomic E-state index is 5.44. The number of ether oxygens (including phenoxy) is 1. The molecule has 0 fully saturated rings. The highest BCUT2D eigenvalue weighted by Gasteiger charge is 2.22. The summed E-state index contributed by atoms with van der Waals surface area (Å²) in [6.07, 6.45) is 3.70. The summed E-state index contributed by atoms with van der Waals surface area (Å²) in [7, 11) is 1.66. The molecule has 1 aliphatic heterocycles. The number of anilines is 2. The second-order valence-electron chi connectivity index (χ2n) is 6.30. The van der Waals surface area contributed by atoms with Gasteiger partial charge in [0.25, 0.3) is 0 Å². The van der Waals surface area contributed by atoms with Crippen molar-refractivity contribution in [3.05, 3.63) is 78.1 Å². The van der Waals surface area contributed by atoms with Crippen LogP contribution in [0.5, 0.6) is 5.75 Å². The van der Waals surface area contributed by atoms with Gasteiger partial charge < -0.3 is 20.7 Å². The quantitative estimate of drug-likeness (QED) is 0.493. The molecule has 1 unspecified atom stereocenters. The fraction of sp³-hybridized carbons (Fsp3) is 0.143. The zero-order valence-corrected chi connectivity index (χ0v) is 16.9. The molecule has 3 N–H and O–H groups in total. The van der Waals surface area contributed by atoms with Crippen molar-refractivity contribution in [1.82, 2.24) is 10.3 Å². The van der Waals surface area contributed by atoms with Crippen LogP contribution in [-0.4, -0.2) is 17.2 Å². The Bertz CT molecular complexity index is 964. The summed E-state index contributed by atoms with van der Waals surface area (Å²) >= 11 is 7.21. The van der Waals surface area contributed by atoms with Gasteiger partial charge in [-0.2, -0.15) is 0 Å². The number of thiocarbonyl (C=S) groups is 1. The number of nitrogens with zero attached hydrogens (tertiary/aromatic N) is 1. The first-order valence-corrected chi connectivity index (χ1v) is 10.1. The fourth-order valence-electron chi connectivity index (χ4n) is 2.92. The average Bonchev–Trinajstić information content (AvgIpc) is 3.17. The molecule has 2 heterocycles. The van der Waals surface area contributed by atoms with E-state index in [2.05, 4.69) is 33.1 Å². The van der Waals surface area contributed by atoms with Crippen molar-refractivity contribution in [3.8, 4) is 5.75 Å². The molecular weight excluding hydrogens is 388 g/mol. The summed E-state index contributed by atoms with van der Waals surface area (Å²) in [6, 6.07) is 18.2. The van der Waals surface area contributed by atoms with E-state index in [4.69, 9.17) is 17.0 Å². The van der Waals surface area contributed by atoms with Crippen molar-refractivity contribution in [2.24, 2.45) is 0 Å². The molecule has 28 heavy (non-hydrogen) atoms. The molecule has 7 heteroatoms. The van der Waals surface area contributed by atoms with Gasteiger partial charge in [0.1, 0.15) is 11.1 Å². The van der Waals surface area contributed by atoms with Crippen LogP contribution < -0.4 is 20.7 Å². The van der Waals surface area contributed by atoms with Crippen LogP contribution in [0.3, 0.4) is 0 Å². The van der Waals surface area contributed by atoms with Crippen LogP contribution in [-0.2, 0) is 6.54 Å². The molecule has 0 aliphatic carbocycles. The predicted octanol–water partition coefficient (Wildman–Crippen LogP) is 5.29. The number of rotatable bonds is 5. The van der Waals surface area contributed by atoms with Gasteiger partial charge in [-0.1, -0.05) is 36.0 Å². The Labute approximate surface area is 176 Å². The summed E-state index contributed by atoms with van der Waals surface area (Å²) in [6.45, 7) is 0.651. The van der Waals surface area contributed by atoms with Crippen molar-refractivity contribution < 1.29 is 7.59 Å². The van der Waals surface area contributed by atoms with Crippen LogP contribution in [0.4, 0.5) is 11.4 Å². The number of aromatic nitrogens is 1. The number of methoxy groups -OCH3 is 1. The summed E-state index contributed by atoms with van der Waals surface area (Å²) in [4.78, 5) is 5.36. The molecule has 1 atom stereocenters. The summed E-state index contributed by atoms with van der Waals surface area (Å²) in [5.74, 6) is 0.845. The van der Waals surface area contributed by atoms with Gasteiger partial charge in [0.15, 0.2) is 5.11 Å². The normalized spacial score (nSPS) is 14.7. The first-order chi connectivity index (χ1) is 13.7. The molecule has 5 nitrogen and oxygen atoms in total. The zero-order chi connectivity index (χ0) is 19.3. The molecule has 0 saturated carbocycles. The number of fused-ring (bicyclic) bond motifs is 1. The lowest BCUT2D eigenvalue weighted by molar-refractivity contribution is 0.414. The van der Waals surface area contributed by atoms with Crippen LogP contribution in [0.15, 0.2) is 71.9 Å².